The fourth-order valence-corrected chi connectivity index (χ4v) is 4.97. The van der Waals surface area contributed by atoms with E-state index in [2.05, 4.69) is 20.4 Å². The molecule has 1 aliphatic carbocycles. The number of nitrogens with zero attached hydrogens (tertiary/aromatic N) is 5. The Morgan fingerprint density at radius 1 is 1.09 bits per heavy atom. The summed E-state index contributed by atoms with van der Waals surface area (Å²) < 4.78 is 17.0. The van der Waals surface area contributed by atoms with Crippen LogP contribution in [0, 0.1) is 12.7 Å². The maximum Gasteiger partial charge on any atom is 0.244 e. The van der Waals surface area contributed by atoms with Crippen molar-refractivity contribution < 1.29 is 9.18 Å². The van der Waals surface area contributed by atoms with Gasteiger partial charge in [-0.2, -0.15) is 5.10 Å². The Labute approximate surface area is 200 Å². The molecule has 1 spiro atoms. The van der Waals surface area contributed by atoms with E-state index in [0.29, 0.717) is 40.4 Å². The van der Waals surface area contributed by atoms with Crippen molar-refractivity contribution in [3.05, 3.63) is 53.9 Å². The Kier molecular flexibility index (Phi) is 4.51. The van der Waals surface area contributed by atoms with E-state index >= 15 is 4.39 Å². The van der Waals surface area contributed by atoms with Gasteiger partial charge in [0.1, 0.15) is 12.4 Å². The number of hydrogen-bond acceptors (Lipinski definition) is 7. The number of nitrogen functional groups attached to an aromatic ring is 2. The molecule has 0 saturated heterocycles. The molecular weight excluding hydrogens is 447 g/mol. The predicted molar refractivity (Wildman–Crippen MR) is 133 cm³/mol. The summed E-state index contributed by atoms with van der Waals surface area (Å²) in [6, 6.07) is 5.53. The van der Waals surface area contributed by atoms with Gasteiger partial charge in [-0.05, 0) is 42.8 Å². The molecule has 4 heterocycles. The maximum absolute atomic E-state index is 15.2. The van der Waals surface area contributed by atoms with Crippen molar-refractivity contribution in [2.24, 2.45) is 0 Å². The molecule has 1 aromatic carbocycles. The van der Waals surface area contributed by atoms with E-state index in [4.69, 9.17) is 11.5 Å². The van der Waals surface area contributed by atoms with Crippen molar-refractivity contribution in [1.82, 2.24) is 24.6 Å². The van der Waals surface area contributed by atoms with Gasteiger partial charge in [-0.25, -0.2) is 9.37 Å². The van der Waals surface area contributed by atoms with E-state index in [1.165, 1.54) is 6.20 Å². The van der Waals surface area contributed by atoms with Crippen LogP contribution in [0.5, 0.6) is 0 Å². The average molecular weight is 473 g/mol. The Morgan fingerprint density at radius 3 is 2.66 bits per heavy atom. The second-order valence-electron chi connectivity index (χ2n) is 9.57. The first-order valence-corrected chi connectivity index (χ1v) is 11.4. The van der Waals surface area contributed by atoms with Crippen molar-refractivity contribution in [2.45, 2.75) is 31.7 Å². The molecule has 35 heavy (non-hydrogen) atoms. The monoisotopic (exact) mass is 472 g/mol. The van der Waals surface area contributed by atoms with Crippen LogP contribution in [-0.4, -0.2) is 44.1 Å². The molecule has 0 radical (unpaired) electrons. The number of hydrogen-bond donors (Lipinski definition) is 3. The number of rotatable bonds is 3. The summed E-state index contributed by atoms with van der Waals surface area (Å²) in [5.74, 6) is 0.669. The molecule has 3 aromatic heterocycles. The van der Waals surface area contributed by atoms with Crippen LogP contribution < -0.4 is 16.8 Å². The lowest BCUT2D eigenvalue weighted by atomic mass is 9.97. The standard InChI is InChI=1S/C25H25FN8O/c1-13-16(8-29-10-18(13)27)15-5-14-6-20(30-9-17(14)24(28)23(15)26)31-21-7-19-25(3-4-25)12-33(2)22(35)11-34(19)32-21/h5-10H,3-4,11-12,27-28H2,1-2H3,(H,30,31,32). The molecule has 0 atom stereocenters. The van der Waals surface area contributed by atoms with Gasteiger partial charge >= 0.3 is 0 Å². The molecule has 6 rings (SSSR count). The zero-order chi connectivity index (χ0) is 24.5. The SMILES string of the molecule is Cc1c(N)cncc1-c1cc2cc(Nc3cc4n(n3)CC(=O)N(C)CC43CC3)ncc2c(N)c1F. The summed E-state index contributed by atoms with van der Waals surface area (Å²) in [5, 5.41) is 9.11. The molecular formula is C25H25FN8O. The number of carbonyl (C=O) groups is 1. The lowest BCUT2D eigenvalue weighted by Gasteiger charge is -2.18. The summed E-state index contributed by atoms with van der Waals surface area (Å²) in [5.41, 5.74) is 15.3. The number of carbonyl (C=O) groups excluding carboxylic acids is 1. The molecule has 0 bridgehead atoms. The highest BCUT2D eigenvalue weighted by Gasteiger charge is 2.50. The van der Waals surface area contributed by atoms with E-state index in [9.17, 15) is 4.79 Å². The molecule has 5 N–H and O–H groups in total. The highest BCUT2D eigenvalue weighted by Crippen LogP contribution is 2.50. The van der Waals surface area contributed by atoms with Gasteiger partial charge in [-0.3, -0.25) is 14.5 Å². The molecule has 4 aromatic rings. The second kappa shape index (κ2) is 7.39. The lowest BCUT2D eigenvalue weighted by Crippen LogP contribution is -2.32. The third kappa shape index (κ3) is 3.36. The topological polar surface area (TPSA) is 128 Å². The fraction of sp³-hybridized carbons (Fsp3) is 0.280. The van der Waals surface area contributed by atoms with E-state index in [-0.39, 0.29) is 23.6 Å². The van der Waals surface area contributed by atoms with Crippen LogP contribution in [0.4, 0.5) is 27.4 Å². The molecule has 1 fully saturated rings. The van der Waals surface area contributed by atoms with Crippen LogP contribution in [0.25, 0.3) is 21.9 Å². The van der Waals surface area contributed by atoms with Gasteiger partial charge in [-0.1, -0.05) is 0 Å². The van der Waals surface area contributed by atoms with Crippen molar-refractivity contribution in [1.29, 1.82) is 0 Å². The normalized spacial score (nSPS) is 16.4. The van der Waals surface area contributed by atoms with Crippen molar-refractivity contribution in [3.8, 4) is 11.1 Å². The van der Waals surface area contributed by atoms with E-state index in [1.54, 1.807) is 34.1 Å². The zero-order valence-corrected chi connectivity index (χ0v) is 19.5. The van der Waals surface area contributed by atoms with Crippen LogP contribution >= 0.6 is 0 Å². The predicted octanol–water partition coefficient (Wildman–Crippen LogP) is 3.35. The quantitative estimate of drug-likeness (QED) is 0.390. The van der Waals surface area contributed by atoms with Gasteiger partial charge < -0.3 is 21.7 Å². The van der Waals surface area contributed by atoms with Gasteiger partial charge in [0.25, 0.3) is 0 Å². The summed E-state index contributed by atoms with van der Waals surface area (Å²) in [4.78, 5) is 22.8. The highest BCUT2D eigenvalue weighted by molar-refractivity contribution is 5.98. The Hall–Kier alpha value is -4.21. The van der Waals surface area contributed by atoms with Gasteiger partial charge in [0.2, 0.25) is 5.91 Å². The number of likely N-dealkylation sites (N-methyl/N-ethyl adjacent to an activating group) is 1. The van der Waals surface area contributed by atoms with E-state index < -0.39 is 5.82 Å². The van der Waals surface area contributed by atoms with Crippen LogP contribution in [0.1, 0.15) is 24.1 Å². The fourth-order valence-electron chi connectivity index (χ4n) is 4.97. The molecule has 9 nitrogen and oxygen atoms in total. The summed E-state index contributed by atoms with van der Waals surface area (Å²) in [6.07, 6.45) is 6.75. The van der Waals surface area contributed by atoms with Crippen molar-refractivity contribution in [3.63, 3.8) is 0 Å². The van der Waals surface area contributed by atoms with Gasteiger partial charge in [0, 0.05) is 59.7 Å². The smallest absolute Gasteiger partial charge is 0.244 e. The largest absolute Gasteiger partial charge is 0.397 e. The maximum atomic E-state index is 15.2. The molecule has 1 aliphatic heterocycles. The van der Waals surface area contributed by atoms with Gasteiger partial charge in [-0.15, -0.1) is 0 Å². The summed E-state index contributed by atoms with van der Waals surface area (Å²) in [6.45, 7) is 2.74. The first-order chi connectivity index (χ1) is 16.8. The molecule has 10 heteroatoms. The number of pyridine rings is 2. The van der Waals surface area contributed by atoms with Gasteiger partial charge in [0.05, 0.1) is 17.6 Å². The average Bonchev–Trinajstić information content (AvgIpc) is 3.51. The molecule has 0 unspecified atom stereocenters. The minimum atomic E-state index is -0.530. The number of halogens is 1. The number of benzene rings is 1. The summed E-state index contributed by atoms with van der Waals surface area (Å²) >= 11 is 0. The molecule has 1 saturated carbocycles. The molecule has 2 aliphatic rings. The van der Waals surface area contributed by atoms with E-state index in [1.807, 2.05) is 20.0 Å². The van der Waals surface area contributed by atoms with E-state index in [0.717, 1.165) is 29.5 Å². The minimum Gasteiger partial charge on any atom is -0.397 e. The molecule has 1 amide bonds. The minimum absolute atomic E-state index is 0.0189. The summed E-state index contributed by atoms with van der Waals surface area (Å²) in [7, 11) is 1.84. The molecule has 178 valence electrons. The van der Waals surface area contributed by atoms with Crippen LogP contribution in [-0.2, 0) is 16.8 Å². The number of aromatic nitrogens is 4. The lowest BCUT2D eigenvalue weighted by molar-refractivity contribution is -0.130. The number of nitrogens with one attached hydrogen (secondary N) is 1. The van der Waals surface area contributed by atoms with Crippen LogP contribution in [0.3, 0.4) is 0 Å². The number of anilines is 4. The Balaban J connectivity index is 1.38. The number of nitrogens with two attached hydrogens (primary N) is 2. The first-order valence-electron chi connectivity index (χ1n) is 11.4. The van der Waals surface area contributed by atoms with Crippen molar-refractivity contribution >= 4 is 39.7 Å². The zero-order valence-electron chi connectivity index (χ0n) is 19.5. The van der Waals surface area contributed by atoms with Crippen molar-refractivity contribution in [2.75, 3.05) is 30.4 Å². The first kappa shape index (κ1) is 21.3. The van der Waals surface area contributed by atoms with Gasteiger partial charge in [0.15, 0.2) is 11.6 Å². The van der Waals surface area contributed by atoms with Crippen LogP contribution in [0.15, 0.2) is 36.8 Å². The third-order valence-corrected chi connectivity index (χ3v) is 7.23. The highest BCUT2D eigenvalue weighted by atomic mass is 19.1. The van der Waals surface area contributed by atoms with Crippen LogP contribution in [0.2, 0.25) is 0 Å². The number of fused-ring (bicyclic) bond motifs is 3. The Morgan fingerprint density at radius 2 is 1.89 bits per heavy atom. The third-order valence-electron chi connectivity index (χ3n) is 7.23. The second-order valence-corrected chi connectivity index (χ2v) is 9.57. The Bertz CT molecular complexity index is 1520. The number of amides is 1.